The molecule has 1 N–H and O–H groups in total. The van der Waals surface area contributed by atoms with E-state index in [0.717, 1.165) is 38.4 Å². The van der Waals surface area contributed by atoms with Gasteiger partial charge in [-0.05, 0) is 25.0 Å². The molecule has 1 saturated heterocycles. The van der Waals surface area contributed by atoms with Crippen LogP contribution in [-0.4, -0.2) is 44.5 Å². The Morgan fingerprint density at radius 3 is 2.57 bits per heavy atom. The fourth-order valence-corrected chi connectivity index (χ4v) is 3.40. The fourth-order valence-electron chi connectivity index (χ4n) is 3.40. The first-order valence-corrected chi connectivity index (χ1v) is 7.83. The van der Waals surface area contributed by atoms with Gasteiger partial charge in [0.25, 0.3) is 0 Å². The Bertz CT molecular complexity index is 579. The molecular formula is C16H20FN3O. The Morgan fingerprint density at radius 2 is 1.86 bits per heavy atom. The standard InChI is InChI=1S/C16H20FN3O/c17-13-9-12-14(10-15(13)19-7-4-18-5-8-19)20(11-1-2-11)6-3-16(12)21/h9-11,18H,1-8H2. The molecule has 112 valence electrons. The van der Waals surface area contributed by atoms with Crippen LogP contribution in [0.15, 0.2) is 12.1 Å². The van der Waals surface area contributed by atoms with Gasteiger partial charge < -0.3 is 15.1 Å². The minimum absolute atomic E-state index is 0.0765. The lowest BCUT2D eigenvalue weighted by atomic mass is 9.98. The molecule has 0 spiro atoms. The number of hydrogen-bond acceptors (Lipinski definition) is 4. The fraction of sp³-hybridized carbons (Fsp3) is 0.562. The number of nitrogens with one attached hydrogen (secondary N) is 1. The summed E-state index contributed by atoms with van der Waals surface area (Å²) in [4.78, 5) is 16.5. The van der Waals surface area contributed by atoms with E-state index in [0.29, 0.717) is 23.7 Å². The highest BCUT2D eigenvalue weighted by Gasteiger charge is 2.35. The van der Waals surface area contributed by atoms with Crippen LogP contribution in [0.5, 0.6) is 0 Å². The third kappa shape index (κ3) is 2.29. The van der Waals surface area contributed by atoms with Gasteiger partial charge in [0.1, 0.15) is 5.82 Å². The molecule has 0 radical (unpaired) electrons. The number of Topliss-reactive ketones (excluding diaryl/α,β-unsaturated/α-hetero) is 1. The van der Waals surface area contributed by atoms with E-state index in [2.05, 4.69) is 15.1 Å². The van der Waals surface area contributed by atoms with Gasteiger partial charge in [-0.2, -0.15) is 0 Å². The number of nitrogens with zero attached hydrogens (tertiary/aromatic N) is 2. The summed E-state index contributed by atoms with van der Waals surface area (Å²) in [5.74, 6) is -0.186. The van der Waals surface area contributed by atoms with Gasteiger partial charge in [-0.25, -0.2) is 4.39 Å². The van der Waals surface area contributed by atoms with E-state index in [1.165, 1.54) is 18.9 Å². The van der Waals surface area contributed by atoms with Crippen molar-refractivity contribution in [3.8, 4) is 0 Å². The van der Waals surface area contributed by atoms with Gasteiger partial charge in [0.2, 0.25) is 0 Å². The van der Waals surface area contributed by atoms with Crippen LogP contribution >= 0.6 is 0 Å². The number of halogens is 1. The molecule has 0 amide bonds. The zero-order valence-corrected chi connectivity index (χ0v) is 12.1. The quantitative estimate of drug-likeness (QED) is 0.900. The van der Waals surface area contributed by atoms with Crippen LogP contribution < -0.4 is 15.1 Å². The lowest BCUT2D eigenvalue weighted by molar-refractivity contribution is 0.0979. The molecular weight excluding hydrogens is 269 g/mol. The molecule has 2 heterocycles. The molecule has 0 unspecified atom stereocenters. The number of rotatable bonds is 2. The van der Waals surface area contributed by atoms with Crippen molar-refractivity contribution in [3.63, 3.8) is 0 Å². The number of carbonyl (C=O) groups is 1. The summed E-state index contributed by atoms with van der Waals surface area (Å²) in [5.41, 5.74) is 2.17. The number of hydrogen-bond donors (Lipinski definition) is 1. The van der Waals surface area contributed by atoms with Crippen LogP contribution in [0.3, 0.4) is 0 Å². The van der Waals surface area contributed by atoms with Crippen molar-refractivity contribution < 1.29 is 9.18 Å². The van der Waals surface area contributed by atoms with Crippen LogP contribution in [0.1, 0.15) is 29.6 Å². The summed E-state index contributed by atoms with van der Waals surface area (Å²) in [6.07, 6.45) is 2.89. The highest BCUT2D eigenvalue weighted by atomic mass is 19.1. The van der Waals surface area contributed by atoms with Crippen LogP contribution in [0.25, 0.3) is 0 Å². The molecule has 2 fully saturated rings. The van der Waals surface area contributed by atoms with Gasteiger partial charge in [0, 0.05) is 50.7 Å². The molecule has 2 aliphatic heterocycles. The van der Waals surface area contributed by atoms with Crippen molar-refractivity contribution in [3.05, 3.63) is 23.5 Å². The van der Waals surface area contributed by atoms with E-state index in [1.54, 1.807) is 0 Å². The lowest BCUT2D eigenvalue weighted by Crippen LogP contribution is -2.44. The van der Waals surface area contributed by atoms with Gasteiger partial charge in [0.05, 0.1) is 11.4 Å². The van der Waals surface area contributed by atoms with Crippen LogP contribution in [0, 0.1) is 5.82 Å². The normalized spacial score (nSPS) is 22.4. The number of piperazine rings is 1. The maximum absolute atomic E-state index is 14.4. The van der Waals surface area contributed by atoms with Crippen LogP contribution in [0.2, 0.25) is 0 Å². The topological polar surface area (TPSA) is 35.6 Å². The summed E-state index contributed by atoms with van der Waals surface area (Å²) in [7, 11) is 0. The molecule has 1 saturated carbocycles. The van der Waals surface area contributed by atoms with Crippen molar-refractivity contribution in [1.82, 2.24) is 5.32 Å². The van der Waals surface area contributed by atoms with Crippen LogP contribution in [0.4, 0.5) is 15.8 Å². The maximum atomic E-state index is 14.4. The molecule has 1 aromatic rings. The van der Waals surface area contributed by atoms with Crippen molar-refractivity contribution in [2.45, 2.75) is 25.3 Å². The van der Waals surface area contributed by atoms with E-state index >= 15 is 0 Å². The number of carbonyl (C=O) groups excluding carboxylic acids is 1. The second-order valence-electron chi connectivity index (χ2n) is 6.16. The summed E-state index contributed by atoms with van der Waals surface area (Å²) in [5, 5.41) is 3.28. The van der Waals surface area contributed by atoms with Crippen molar-refractivity contribution >= 4 is 17.2 Å². The second kappa shape index (κ2) is 4.98. The van der Waals surface area contributed by atoms with Gasteiger partial charge in [-0.1, -0.05) is 0 Å². The number of benzene rings is 1. The maximum Gasteiger partial charge on any atom is 0.166 e. The van der Waals surface area contributed by atoms with Gasteiger partial charge in [0.15, 0.2) is 5.78 Å². The first kappa shape index (κ1) is 13.1. The molecule has 21 heavy (non-hydrogen) atoms. The van der Waals surface area contributed by atoms with Crippen molar-refractivity contribution in [2.75, 3.05) is 42.5 Å². The molecule has 1 aromatic carbocycles. The zero-order valence-electron chi connectivity index (χ0n) is 12.1. The predicted octanol–water partition coefficient (Wildman–Crippen LogP) is 1.79. The van der Waals surface area contributed by atoms with E-state index in [1.807, 2.05) is 6.07 Å². The van der Waals surface area contributed by atoms with Gasteiger partial charge in [-0.3, -0.25) is 4.79 Å². The van der Waals surface area contributed by atoms with E-state index < -0.39 is 0 Å². The zero-order chi connectivity index (χ0) is 14.4. The molecule has 5 heteroatoms. The Labute approximate surface area is 123 Å². The minimum atomic E-state index is -0.262. The average Bonchev–Trinajstić information content (AvgIpc) is 3.33. The number of ketones is 1. The highest BCUT2D eigenvalue weighted by Crippen LogP contribution is 2.39. The summed E-state index contributed by atoms with van der Waals surface area (Å²) < 4.78 is 14.4. The third-order valence-corrected chi connectivity index (χ3v) is 4.70. The number of anilines is 2. The van der Waals surface area contributed by atoms with E-state index in [4.69, 9.17) is 0 Å². The number of fused-ring (bicyclic) bond motifs is 1. The monoisotopic (exact) mass is 289 g/mol. The lowest BCUT2D eigenvalue weighted by Gasteiger charge is -2.34. The SMILES string of the molecule is O=C1CCN(C2CC2)c2cc(N3CCNCC3)c(F)cc21. The minimum Gasteiger partial charge on any atom is -0.367 e. The Morgan fingerprint density at radius 1 is 1.10 bits per heavy atom. The smallest absolute Gasteiger partial charge is 0.166 e. The summed E-state index contributed by atoms with van der Waals surface area (Å²) in [6, 6.07) is 3.92. The Kier molecular flexibility index (Phi) is 3.10. The summed E-state index contributed by atoms with van der Waals surface area (Å²) in [6.45, 7) is 4.16. The molecule has 0 atom stereocenters. The van der Waals surface area contributed by atoms with E-state index in [9.17, 15) is 9.18 Å². The molecule has 4 nitrogen and oxygen atoms in total. The predicted molar refractivity (Wildman–Crippen MR) is 80.8 cm³/mol. The molecule has 4 rings (SSSR count). The molecule has 0 bridgehead atoms. The average molecular weight is 289 g/mol. The van der Waals surface area contributed by atoms with E-state index in [-0.39, 0.29) is 11.6 Å². The largest absolute Gasteiger partial charge is 0.367 e. The van der Waals surface area contributed by atoms with Gasteiger partial charge >= 0.3 is 0 Å². The van der Waals surface area contributed by atoms with Crippen molar-refractivity contribution in [2.24, 2.45) is 0 Å². The van der Waals surface area contributed by atoms with Crippen LogP contribution in [-0.2, 0) is 0 Å². The highest BCUT2D eigenvalue weighted by molar-refractivity contribution is 6.04. The third-order valence-electron chi connectivity index (χ3n) is 4.70. The first-order chi connectivity index (χ1) is 10.2. The van der Waals surface area contributed by atoms with Crippen molar-refractivity contribution in [1.29, 1.82) is 0 Å². The molecule has 1 aliphatic carbocycles. The molecule has 0 aromatic heterocycles. The molecule has 3 aliphatic rings. The van der Waals surface area contributed by atoms with Gasteiger partial charge in [-0.15, -0.1) is 0 Å². The Balaban J connectivity index is 1.75. The first-order valence-electron chi connectivity index (χ1n) is 7.83. The summed E-state index contributed by atoms with van der Waals surface area (Å²) >= 11 is 0. The second-order valence-corrected chi connectivity index (χ2v) is 6.16. The Hall–Kier alpha value is -1.62.